The molecule has 1 aliphatic rings. The van der Waals surface area contributed by atoms with Crippen LogP contribution in [-0.4, -0.2) is 17.3 Å². The highest BCUT2D eigenvalue weighted by Gasteiger charge is 2.35. The monoisotopic (exact) mass is 340 g/mol. The van der Waals surface area contributed by atoms with Gasteiger partial charge in [-0.2, -0.15) is 0 Å². The molecule has 0 spiro atoms. The van der Waals surface area contributed by atoms with Crippen molar-refractivity contribution in [3.8, 4) is 0 Å². The summed E-state index contributed by atoms with van der Waals surface area (Å²) in [6.07, 6.45) is 2.79. The average molecular weight is 341 g/mol. The number of hydrogen-bond donors (Lipinski definition) is 1. The van der Waals surface area contributed by atoms with Crippen molar-refractivity contribution in [1.29, 1.82) is 0 Å². The van der Waals surface area contributed by atoms with Gasteiger partial charge in [0.05, 0.1) is 12.2 Å². The molecule has 2 heteroatoms. The first-order valence-electron chi connectivity index (χ1n) is 9.51. The summed E-state index contributed by atoms with van der Waals surface area (Å²) < 4.78 is 5.30. The molecular formula is C23H32O2. The number of hydrogen-bond acceptors (Lipinski definition) is 2. The van der Waals surface area contributed by atoms with Gasteiger partial charge in [-0.3, -0.25) is 0 Å². The highest BCUT2D eigenvalue weighted by molar-refractivity contribution is 5.22. The maximum atomic E-state index is 9.90. The molecule has 136 valence electrons. The molecule has 1 heterocycles. The van der Waals surface area contributed by atoms with Gasteiger partial charge in [0.25, 0.3) is 0 Å². The standard InChI is InChI=1S/C14H22O.C9H10O/c1-4-12(5-2)14(11(3)15)13-9-7-6-8-10-13;1-7-9(10-7)8-5-3-2-4-6-8/h6-12,14-15H,4-5H2,1-3H3;2-7,9H,1H3/t11-,14+;7-,9+/m11/s1. The van der Waals surface area contributed by atoms with E-state index in [0.717, 1.165) is 12.8 Å². The van der Waals surface area contributed by atoms with E-state index in [2.05, 4.69) is 45.0 Å². The molecule has 0 aliphatic carbocycles. The fourth-order valence-electron chi connectivity index (χ4n) is 3.59. The van der Waals surface area contributed by atoms with E-state index in [1.165, 1.54) is 11.1 Å². The fraction of sp³-hybridized carbons (Fsp3) is 0.478. The molecule has 0 aromatic heterocycles. The summed E-state index contributed by atoms with van der Waals surface area (Å²) in [6.45, 7) is 8.40. The van der Waals surface area contributed by atoms with Gasteiger partial charge in [-0.1, -0.05) is 87.4 Å². The van der Waals surface area contributed by atoms with Crippen molar-refractivity contribution in [3.05, 3.63) is 71.8 Å². The van der Waals surface area contributed by atoms with Gasteiger partial charge in [0.1, 0.15) is 6.10 Å². The third kappa shape index (κ3) is 5.69. The molecule has 2 aromatic carbocycles. The van der Waals surface area contributed by atoms with Crippen molar-refractivity contribution in [3.63, 3.8) is 0 Å². The molecular weight excluding hydrogens is 308 g/mol. The summed E-state index contributed by atoms with van der Waals surface area (Å²) in [5, 5.41) is 9.90. The van der Waals surface area contributed by atoms with Gasteiger partial charge in [0, 0.05) is 5.92 Å². The Hall–Kier alpha value is -1.64. The number of ether oxygens (including phenoxy) is 1. The summed E-state index contributed by atoms with van der Waals surface area (Å²) in [4.78, 5) is 0. The van der Waals surface area contributed by atoms with Crippen LogP contribution in [0.15, 0.2) is 60.7 Å². The fourth-order valence-corrected chi connectivity index (χ4v) is 3.59. The summed E-state index contributed by atoms with van der Waals surface area (Å²) in [5.41, 5.74) is 2.57. The van der Waals surface area contributed by atoms with E-state index in [1.54, 1.807) is 0 Å². The van der Waals surface area contributed by atoms with Crippen LogP contribution >= 0.6 is 0 Å². The van der Waals surface area contributed by atoms with Crippen molar-refractivity contribution in [2.24, 2.45) is 5.92 Å². The summed E-state index contributed by atoms with van der Waals surface area (Å²) in [7, 11) is 0. The Bertz CT molecular complexity index is 590. The van der Waals surface area contributed by atoms with Crippen molar-refractivity contribution in [2.45, 2.75) is 64.8 Å². The Balaban J connectivity index is 0.000000194. The topological polar surface area (TPSA) is 32.8 Å². The Morgan fingerprint density at radius 2 is 1.40 bits per heavy atom. The lowest BCUT2D eigenvalue weighted by Gasteiger charge is -2.28. The first-order valence-corrected chi connectivity index (χ1v) is 9.51. The van der Waals surface area contributed by atoms with E-state index in [0.29, 0.717) is 18.1 Å². The van der Waals surface area contributed by atoms with E-state index in [-0.39, 0.29) is 12.0 Å². The largest absolute Gasteiger partial charge is 0.393 e. The van der Waals surface area contributed by atoms with Gasteiger partial charge in [-0.25, -0.2) is 0 Å². The van der Waals surface area contributed by atoms with Crippen molar-refractivity contribution in [2.75, 3.05) is 0 Å². The summed E-state index contributed by atoms with van der Waals surface area (Å²) in [5.74, 6) is 0.855. The Labute approximate surface area is 152 Å². The quantitative estimate of drug-likeness (QED) is 0.681. The van der Waals surface area contributed by atoms with Crippen LogP contribution < -0.4 is 0 Å². The molecule has 0 saturated carbocycles. The van der Waals surface area contributed by atoms with Gasteiger partial charge in [0.15, 0.2) is 0 Å². The minimum absolute atomic E-state index is 0.266. The van der Waals surface area contributed by atoms with Gasteiger partial charge >= 0.3 is 0 Å². The second-order valence-electron chi connectivity index (χ2n) is 6.93. The number of aliphatic hydroxyl groups is 1. The maximum absolute atomic E-state index is 9.90. The van der Waals surface area contributed by atoms with E-state index in [1.807, 2.05) is 43.3 Å². The summed E-state index contributed by atoms with van der Waals surface area (Å²) in [6, 6.07) is 20.7. The number of aliphatic hydroxyl groups excluding tert-OH is 1. The van der Waals surface area contributed by atoms with E-state index in [4.69, 9.17) is 4.74 Å². The lowest BCUT2D eigenvalue weighted by atomic mass is 9.79. The molecule has 1 saturated heterocycles. The van der Waals surface area contributed by atoms with E-state index < -0.39 is 0 Å². The molecule has 0 unspecified atom stereocenters. The normalized spacial score (nSPS) is 21.2. The highest BCUT2D eigenvalue weighted by atomic mass is 16.6. The first kappa shape index (κ1) is 19.7. The lowest BCUT2D eigenvalue weighted by Crippen LogP contribution is -2.22. The molecule has 1 N–H and O–H groups in total. The molecule has 2 nitrogen and oxygen atoms in total. The van der Waals surface area contributed by atoms with E-state index in [9.17, 15) is 5.11 Å². The molecule has 25 heavy (non-hydrogen) atoms. The molecule has 1 aliphatic heterocycles. The lowest BCUT2D eigenvalue weighted by molar-refractivity contribution is 0.128. The van der Waals surface area contributed by atoms with Gasteiger partial charge in [-0.05, 0) is 30.9 Å². The van der Waals surface area contributed by atoms with Crippen LogP contribution in [0.25, 0.3) is 0 Å². The SMILES string of the molecule is CCC(CC)[C@@H](c1ccccc1)[C@@H](C)O.C[C@H]1O[C@@H]1c1ccccc1. The number of epoxide rings is 1. The third-order valence-corrected chi connectivity index (χ3v) is 5.10. The van der Waals surface area contributed by atoms with E-state index >= 15 is 0 Å². The molecule has 4 atom stereocenters. The first-order chi connectivity index (χ1) is 12.1. The average Bonchev–Trinajstić information content (AvgIpc) is 3.38. The van der Waals surface area contributed by atoms with Crippen LogP contribution in [0.2, 0.25) is 0 Å². The van der Waals surface area contributed by atoms with Gasteiger partial charge in [0.2, 0.25) is 0 Å². The molecule has 0 bridgehead atoms. The van der Waals surface area contributed by atoms with Gasteiger partial charge in [-0.15, -0.1) is 0 Å². The molecule has 0 amide bonds. The van der Waals surface area contributed by atoms with Crippen LogP contribution in [0, 0.1) is 5.92 Å². The summed E-state index contributed by atoms with van der Waals surface area (Å²) >= 11 is 0. The predicted octanol–water partition coefficient (Wildman–Crippen LogP) is 5.73. The third-order valence-electron chi connectivity index (χ3n) is 5.10. The predicted molar refractivity (Wildman–Crippen MR) is 105 cm³/mol. The number of rotatable bonds is 6. The Morgan fingerprint density at radius 1 is 0.920 bits per heavy atom. The minimum Gasteiger partial charge on any atom is -0.393 e. The van der Waals surface area contributed by atoms with Crippen LogP contribution in [0.4, 0.5) is 0 Å². The van der Waals surface area contributed by atoms with Crippen LogP contribution in [0.1, 0.15) is 63.7 Å². The minimum atomic E-state index is -0.266. The van der Waals surface area contributed by atoms with Crippen LogP contribution in [0.3, 0.4) is 0 Å². The number of benzene rings is 2. The van der Waals surface area contributed by atoms with Gasteiger partial charge < -0.3 is 9.84 Å². The smallest absolute Gasteiger partial charge is 0.109 e. The zero-order valence-electron chi connectivity index (χ0n) is 15.9. The highest BCUT2D eigenvalue weighted by Crippen LogP contribution is 2.37. The Morgan fingerprint density at radius 3 is 1.80 bits per heavy atom. The van der Waals surface area contributed by atoms with Crippen molar-refractivity contribution < 1.29 is 9.84 Å². The zero-order chi connectivity index (χ0) is 18.2. The second-order valence-corrected chi connectivity index (χ2v) is 6.93. The molecule has 3 rings (SSSR count). The van der Waals surface area contributed by atoms with Crippen LogP contribution in [-0.2, 0) is 4.74 Å². The van der Waals surface area contributed by atoms with Crippen molar-refractivity contribution >= 4 is 0 Å². The Kier molecular flexibility index (Phi) is 7.67. The maximum Gasteiger partial charge on any atom is 0.109 e. The zero-order valence-corrected chi connectivity index (χ0v) is 15.9. The molecule has 0 radical (unpaired) electrons. The second kappa shape index (κ2) is 9.74. The van der Waals surface area contributed by atoms with Crippen LogP contribution in [0.5, 0.6) is 0 Å². The van der Waals surface area contributed by atoms with Crippen molar-refractivity contribution in [1.82, 2.24) is 0 Å². The molecule has 2 aromatic rings. The molecule has 1 fully saturated rings.